The Morgan fingerprint density at radius 1 is 1.31 bits per heavy atom. The number of ether oxygens (including phenoxy) is 1. The van der Waals surface area contributed by atoms with Gasteiger partial charge >= 0.3 is 5.97 Å². The van der Waals surface area contributed by atoms with Crippen LogP contribution in [-0.4, -0.2) is 52.7 Å². The van der Waals surface area contributed by atoms with Gasteiger partial charge in [-0.15, -0.1) is 0 Å². The van der Waals surface area contributed by atoms with Crippen molar-refractivity contribution < 1.29 is 23.5 Å². The van der Waals surface area contributed by atoms with Crippen LogP contribution in [0.1, 0.15) is 51.4 Å². The van der Waals surface area contributed by atoms with Gasteiger partial charge in [0.25, 0.3) is 11.8 Å². The molecule has 1 fully saturated rings. The Hall–Kier alpha value is -2.94. The molecular weight excluding hydrogens is 439 g/mol. The number of nitrogens with one attached hydrogen (secondary N) is 1. The van der Waals surface area contributed by atoms with Crippen LogP contribution >= 0.6 is 11.6 Å². The first-order valence-corrected chi connectivity index (χ1v) is 10.9. The maximum atomic E-state index is 13.5. The number of fused-ring (bicyclic) bond motifs is 1. The van der Waals surface area contributed by atoms with Crippen LogP contribution < -0.4 is 5.32 Å². The Balaban J connectivity index is 1.55. The summed E-state index contributed by atoms with van der Waals surface area (Å²) in [6.45, 7) is 1.56. The molecule has 8 nitrogen and oxygen atoms in total. The zero-order chi connectivity index (χ0) is 22.8. The van der Waals surface area contributed by atoms with Gasteiger partial charge in [-0.2, -0.15) is 5.10 Å². The van der Waals surface area contributed by atoms with E-state index in [1.165, 1.54) is 25.3 Å². The fraction of sp³-hybridized carbons (Fsp3) is 0.455. The molecule has 0 spiro atoms. The first kappa shape index (κ1) is 22.3. The lowest BCUT2D eigenvalue weighted by atomic mass is 10.0. The third-order valence-electron chi connectivity index (χ3n) is 5.77. The summed E-state index contributed by atoms with van der Waals surface area (Å²) in [4.78, 5) is 38.8. The number of aromatic nitrogens is 2. The molecule has 2 aromatic rings. The molecule has 1 aromatic carbocycles. The summed E-state index contributed by atoms with van der Waals surface area (Å²) in [5.74, 6) is -1.11. The van der Waals surface area contributed by atoms with Crippen molar-refractivity contribution in [3.8, 4) is 0 Å². The number of nitrogens with zero attached hydrogens (tertiary/aromatic N) is 3. The molecule has 1 saturated carbocycles. The second kappa shape index (κ2) is 9.28. The summed E-state index contributed by atoms with van der Waals surface area (Å²) in [6, 6.07) is 3.88. The van der Waals surface area contributed by atoms with Crippen molar-refractivity contribution >= 4 is 29.4 Å². The van der Waals surface area contributed by atoms with Crippen LogP contribution in [0.5, 0.6) is 0 Å². The van der Waals surface area contributed by atoms with Crippen molar-refractivity contribution in [1.82, 2.24) is 20.0 Å². The highest BCUT2D eigenvalue weighted by Gasteiger charge is 2.32. The molecule has 1 aliphatic carbocycles. The Bertz CT molecular complexity index is 1070. The molecule has 10 heteroatoms. The predicted molar refractivity (Wildman–Crippen MR) is 114 cm³/mol. The number of hydrogen-bond donors (Lipinski definition) is 1. The Labute approximate surface area is 189 Å². The Morgan fingerprint density at radius 3 is 2.78 bits per heavy atom. The highest BCUT2D eigenvalue weighted by molar-refractivity contribution is 6.31. The lowest BCUT2D eigenvalue weighted by Crippen LogP contribution is -2.37. The zero-order valence-corrected chi connectivity index (χ0v) is 18.5. The molecule has 0 saturated heterocycles. The molecular formula is C22H24ClFN4O4. The predicted octanol–water partition coefficient (Wildman–Crippen LogP) is 2.58. The van der Waals surface area contributed by atoms with Crippen LogP contribution in [0.2, 0.25) is 5.02 Å². The zero-order valence-electron chi connectivity index (χ0n) is 17.7. The van der Waals surface area contributed by atoms with E-state index < -0.39 is 11.8 Å². The van der Waals surface area contributed by atoms with Gasteiger partial charge in [0, 0.05) is 42.9 Å². The average molecular weight is 463 g/mol. The molecule has 4 rings (SSSR count). The average Bonchev–Trinajstić information content (AvgIpc) is 3.54. The third kappa shape index (κ3) is 4.77. The van der Waals surface area contributed by atoms with Crippen molar-refractivity contribution in [2.24, 2.45) is 5.92 Å². The molecule has 170 valence electrons. The summed E-state index contributed by atoms with van der Waals surface area (Å²) in [5, 5.41) is 7.16. The Kier molecular flexibility index (Phi) is 6.45. The molecule has 1 aliphatic heterocycles. The quantitative estimate of drug-likeness (QED) is 0.638. The van der Waals surface area contributed by atoms with E-state index in [1.54, 1.807) is 4.90 Å². The van der Waals surface area contributed by atoms with E-state index >= 15 is 0 Å². The number of benzene rings is 1. The molecule has 0 unspecified atom stereocenters. The van der Waals surface area contributed by atoms with Gasteiger partial charge in [0.2, 0.25) is 0 Å². The standard InChI is InChI=1S/C22H24ClFN4O4/c1-32-19(29)6-8-25-21(30)20-15-12-27(22(31)14-4-5-17(24)16(23)10-14)9-7-18(15)28(26-20)11-13-2-3-13/h4-5,10,13H,2-3,6-9,11-12H2,1H3,(H,25,30). The van der Waals surface area contributed by atoms with Gasteiger partial charge in [-0.05, 0) is 37.0 Å². The highest BCUT2D eigenvalue weighted by atomic mass is 35.5. The van der Waals surface area contributed by atoms with E-state index in [2.05, 4.69) is 15.2 Å². The third-order valence-corrected chi connectivity index (χ3v) is 6.06. The van der Waals surface area contributed by atoms with E-state index in [1.807, 2.05) is 4.68 Å². The second-order valence-corrected chi connectivity index (χ2v) is 8.49. The number of hydrogen-bond acceptors (Lipinski definition) is 5. The van der Waals surface area contributed by atoms with Crippen molar-refractivity contribution in [2.45, 2.75) is 38.8 Å². The van der Waals surface area contributed by atoms with Crippen LogP contribution in [0.4, 0.5) is 4.39 Å². The van der Waals surface area contributed by atoms with Gasteiger partial charge in [-0.25, -0.2) is 4.39 Å². The number of carbonyl (C=O) groups is 3. The van der Waals surface area contributed by atoms with E-state index in [0.717, 1.165) is 25.1 Å². The van der Waals surface area contributed by atoms with Crippen molar-refractivity contribution in [3.63, 3.8) is 0 Å². The summed E-state index contributed by atoms with van der Waals surface area (Å²) in [5.41, 5.74) is 2.21. The molecule has 0 atom stereocenters. The van der Waals surface area contributed by atoms with Crippen LogP contribution in [-0.2, 0) is 29.0 Å². The van der Waals surface area contributed by atoms with E-state index in [9.17, 15) is 18.8 Å². The Morgan fingerprint density at radius 2 is 2.09 bits per heavy atom. The molecule has 2 amide bonds. The van der Waals surface area contributed by atoms with E-state index in [-0.39, 0.29) is 47.6 Å². The first-order valence-electron chi connectivity index (χ1n) is 10.5. The molecule has 1 N–H and O–H groups in total. The van der Waals surface area contributed by atoms with Gasteiger partial charge in [-0.3, -0.25) is 19.1 Å². The molecule has 2 heterocycles. The summed E-state index contributed by atoms with van der Waals surface area (Å²) in [6.07, 6.45) is 2.91. The minimum atomic E-state index is -0.587. The lowest BCUT2D eigenvalue weighted by Gasteiger charge is -2.28. The smallest absolute Gasteiger partial charge is 0.307 e. The van der Waals surface area contributed by atoms with Crippen LogP contribution in [0.3, 0.4) is 0 Å². The second-order valence-electron chi connectivity index (χ2n) is 8.09. The van der Waals surface area contributed by atoms with Gasteiger partial charge in [0.05, 0.1) is 25.1 Å². The summed E-state index contributed by atoms with van der Waals surface area (Å²) < 4.78 is 20.0. The topological polar surface area (TPSA) is 93.5 Å². The molecule has 0 bridgehead atoms. The monoisotopic (exact) mass is 462 g/mol. The number of carbonyl (C=O) groups excluding carboxylic acids is 3. The van der Waals surface area contributed by atoms with Crippen LogP contribution in [0.15, 0.2) is 18.2 Å². The van der Waals surface area contributed by atoms with Crippen molar-refractivity contribution in [3.05, 3.63) is 51.6 Å². The largest absolute Gasteiger partial charge is 0.469 e. The molecule has 1 aromatic heterocycles. The minimum absolute atomic E-state index is 0.0587. The fourth-order valence-corrected chi connectivity index (χ4v) is 4.00. The number of esters is 1. The highest BCUT2D eigenvalue weighted by Crippen LogP contribution is 2.33. The minimum Gasteiger partial charge on any atom is -0.469 e. The van der Waals surface area contributed by atoms with Crippen LogP contribution in [0, 0.1) is 11.7 Å². The lowest BCUT2D eigenvalue weighted by molar-refractivity contribution is -0.140. The maximum Gasteiger partial charge on any atom is 0.307 e. The summed E-state index contributed by atoms with van der Waals surface area (Å²) in [7, 11) is 1.29. The normalized spacial score (nSPS) is 15.3. The number of halogens is 2. The number of amides is 2. The maximum absolute atomic E-state index is 13.5. The number of methoxy groups -OCH3 is 1. The van der Waals surface area contributed by atoms with Crippen molar-refractivity contribution in [1.29, 1.82) is 0 Å². The van der Waals surface area contributed by atoms with Gasteiger partial charge in [0.1, 0.15) is 5.82 Å². The van der Waals surface area contributed by atoms with E-state index in [0.29, 0.717) is 24.4 Å². The van der Waals surface area contributed by atoms with Gasteiger partial charge < -0.3 is 15.0 Å². The molecule has 32 heavy (non-hydrogen) atoms. The van der Waals surface area contributed by atoms with E-state index in [4.69, 9.17) is 11.6 Å². The fourth-order valence-electron chi connectivity index (χ4n) is 3.82. The van der Waals surface area contributed by atoms with Gasteiger partial charge in [-0.1, -0.05) is 11.6 Å². The van der Waals surface area contributed by atoms with Gasteiger partial charge in [0.15, 0.2) is 5.69 Å². The van der Waals surface area contributed by atoms with Crippen molar-refractivity contribution in [2.75, 3.05) is 20.2 Å². The summed E-state index contributed by atoms with van der Waals surface area (Å²) >= 11 is 5.84. The number of rotatable bonds is 7. The molecule has 2 aliphatic rings. The van der Waals surface area contributed by atoms with Crippen LogP contribution in [0.25, 0.3) is 0 Å². The SMILES string of the molecule is COC(=O)CCNC(=O)c1nn(CC2CC2)c2c1CN(C(=O)c1ccc(F)c(Cl)c1)CC2. The first-order chi connectivity index (χ1) is 15.4. The molecule has 0 radical (unpaired) electrons.